The molecule has 0 spiro atoms. The van der Waals surface area contributed by atoms with Crippen LogP contribution in [0.1, 0.15) is 29.7 Å². The van der Waals surface area contributed by atoms with Crippen LogP contribution < -0.4 is 10.6 Å². The molecule has 0 fully saturated rings. The number of hydrogen-bond acceptors (Lipinski definition) is 3. The van der Waals surface area contributed by atoms with Crippen LogP contribution in [0.5, 0.6) is 0 Å². The number of benzene rings is 2. The van der Waals surface area contributed by atoms with E-state index in [-0.39, 0.29) is 5.56 Å². The minimum absolute atomic E-state index is 0.148. The van der Waals surface area contributed by atoms with Crippen LogP contribution in [0.4, 0.5) is 19.3 Å². The average molecular weight is 345 g/mol. The van der Waals surface area contributed by atoms with Gasteiger partial charge in [-0.3, -0.25) is 0 Å². The summed E-state index contributed by atoms with van der Waals surface area (Å²) in [5.41, 5.74) is 1.78. The number of nitriles is 1. The van der Waals surface area contributed by atoms with Gasteiger partial charge >= 0.3 is 6.03 Å². The molecular weight excluding hydrogens is 328 g/mol. The number of carbonyl (C=O) groups excluding carboxylic acids is 1. The Kier molecular flexibility index (Phi) is 5.67. The highest BCUT2D eigenvalue weighted by Crippen LogP contribution is 2.20. The Morgan fingerprint density at radius 3 is 2.56 bits per heavy atom. The third kappa shape index (κ3) is 4.52. The SMILES string of the molecule is Cc1ccc(C#N)cc1NC(=O)NC(C)C(O)c1ccc(F)c(F)c1. The maximum Gasteiger partial charge on any atom is 0.319 e. The molecule has 2 unspecified atom stereocenters. The van der Waals surface area contributed by atoms with E-state index in [0.29, 0.717) is 11.3 Å². The van der Waals surface area contributed by atoms with Crippen LogP contribution in [0, 0.1) is 29.9 Å². The number of rotatable bonds is 4. The molecule has 0 bridgehead atoms. The fourth-order valence-electron chi connectivity index (χ4n) is 2.26. The number of nitrogens with zero attached hydrogens (tertiary/aromatic N) is 1. The molecule has 2 rings (SSSR count). The molecule has 0 saturated heterocycles. The Labute approximate surface area is 143 Å². The van der Waals surface area contributed by atoms with Crippen molar-refractivity contribution in [1.29, 1.82) is 5.26 Å². The molecule has 0 aromatic heterocycles. The number of hydrogen-bond donors (Lipinski definition) is 3. The largest absolute Gasteiger partial charge is 0.386 e. The minimum Gasteiger partial charge on any atom is -0.386 e. The highest BCUT2D eigenvalue weighted by atomic mass is 19.2. The van der Waals surface area contributed by atoms with E-state index in [2.05, 4.69) is 10.6 Å². The van der Waals surface area contributed by atoms with Gasteiger partial charge in [0, 0.05) is 5.69 Å². The summed E-state index contributed by atoms with van der Waals surface area (Å²) in [6.07, 6.45) is -1.22. The van der Waals surface area contributed by atoms with E-state index in [1.165, 1.54) is 19.1 Å². The normalized spacial score (nSPS) is 12.8. The lowest BCUT2D eigenvalue weighted by Gasteiger charge is -2.21. The molecule has 0 radical (unpaired) electrons. The van der Waals surface area contributed by atoms with Crippen LogP contribution in [-0.4, -0.2) is 17.2 Å². The molecule has 2 atom stereocenters. The third-order valence-corrected chi connectivity index (χ3v) is 3.73. The molecule has 130 valence electrons. The Morgan fingerprint density at radius 2 is 1.92 bits per heavy atom. The van der Waals surface area contributed by atoms with Crippen molar-refractivity contribution < 1.29 is 18.7 Å². The van der Waals surface area contributed by atoms with Gasteiger partial charge in [0.2, 0.25) is 0 Å². The van der Waals surface area contributed by atoms with Gasteiger partial charge in [0.05, 0.1) is 23.8 Å². The van der Waals surface area contributed by atoms with E-state index in [4.69, 9.17) is 5.26 Å². The lowest BCUT2D eigenvalue weighted by Crippen LogP contribution is -2.39. The summed E-state index contributed by atoms with van der Waals surface area (Å²) in [6, 6.07) is 8.55. The lowest BCUT2D eigenvalue weighted by molar-refractivity contribution is 0.138. The van der Waals surface area contributed by atoms with Gasteiger partial charge < -0.3 is 15.7 Å². The van der Waals surface area contributed by atoms with Crippen molar-refractivity contribution in [3.8, 4) is 6.07 Å². The Balaban J connectivity index is 2.04. The monoisotopic (exact) mass is 345 g/mol. The van der Waals surface area contributed by atoms with Gasteiger partial charge in [-0.1, -0.05) is 12.1 Å². The Bertz CT molecular complexity index is 834. The Hall–Kier alpha value is -2.98. The molecule has 0 aliphatic rings. The summed E-state index contributed by atoms with van der Waals surface area (Å²) >= 11 is 0. The zero-order valence-electron chi connectivity index (χ0n) is 13.7. The van der Waals surface area contributed by atoms with Gasteiger partial charge in [-0.25, -0.2) is 13.6 Å². The summed E-state index contributed by atoms with van der Waals surface area (Å²) in [5.74, 6) is -2.08. The van der Waals surface area contributed by atoms with E-state index in [1.807, 2.05) is 6.07 Å². The number of amides is 2. The number of aliphatic hydroxyl groups excluding tert-OH is 1. The molecule has 25 heavy (non-hydrogen) atoms. The van der Waals surface area contributed by atoms with E-state index >= 15 is 0 Å². The lowest BCUT2D eigenvalue weighted by atomic mass is 10.0. The van der Waals surface area contributed by atoms with Crippen molar-refractivity contribution in [1.82, 2.24) is 5.32 Å². The molecule has 0 saturated carbocycles. The highest BCUT2D eigenvalue weighted by molar-refractivity contribution is 5.90. The zero-order chi connectivity index (χ0) is 18.6. The van der Waals surface area contributed by atoms with Gasteiger partial charge in [0.15, 0.2) is 11.6 Å². The van der Waals surface area contributed by atoms with E-state index < -0.39 is 29.8 Å². The predicted octanol–water partition coefficient (Wildman–Crippen LogP) is 3.39. The van der Waals surface area contributed by atoms with Gasteiger partial charge in [-0.05, 0) is 49.2 Å². The summed E-state index contributed by atoms with van der Waals surface area (Å²) in [5, 5.41) is 24.2. The van der Waals surface area contributed by atoms with E-state index in [0.717, 1.165) is 17.7 Å². The second-order valence-corrected chi connectivity index (χ2v) is 5.65. The van der Waals surface area contributed by atoms with Gasteiger partial charge in [0.25, 0.3) is 0 Å². The van der Waals surface area contributed by atoms with Crippen LogP contribution in [0.2, 0.25) is 0 Å². The van der Waals surface area contributed by atoms with Crippen molar-refractivity contribution >= 4 is 11.7 Å². The second-order valence-electron chi connectivity index (χ2n) is 5.65. The maximum absolute atomic E-state index is 13.3. The number of anilines is 1. The molecule has 2 aromatic carbocycles. The quantitative estimate of drug-likeness (QED) is 0.794. The number of aryl methyl sites for hydroxylation is 1. The standard InChI is InChI=1S/C18H17F2N3O2/c1-10-3-4-12(9-21)7-16(10)23-18(25)22-11(2)17(24)13-5-6-14(19)15(20)8-13/h3-8,11,17,24H,1-2H3,(H2,22,23,25). The van der Waals surface area contributed by atoms with Crippen LogP contribution in [-0.2, 0) is 0 Å². The smallest absolute Gasteiger partial charge is 0.319 e. The molecule has 3 N–H and O–H groups in total. The fraction of sp³-hybridized carbons (Fsp3) is 0.222. The van der Waals surface area contributed by atoms with E-state index in [1.54, 1.807) is 19.1 Å². The van der Waals surface area contributed by atoms with Gasteiger partial charge in [-0.2, -0.15) is 5.26 Å². The molecule has 7 heteroatoms. The van der Waals surface area contributed by atoms with Gasteiger partial charge in [-0.15, -0.1) is 0 Å². The number of aliphatic hydroxyl groups is 1. The van der Waals surface area contributed by atoms with E-state index in [9.17, 15) is 18.7 Å². The summed E-state index contributed by atoms with van der Waals surface area (Å²) in [4.78, 5) is 12.1. The summed E-state index contributed by atoms with van der Waals surface area (Å²) in [6.45, 7) is 3.31. The molecule has 0 aliphatic carbocycles. The van der Waals surface area contributed by atoms with Gasteiger partial charge in [0.1, 0.15) is 0 Å². The summed E-state index contributed by atoms with van der Waals surface area (Å²) < 4.78 is 26.2. The molecule has 0 heterocycles. The summed E-state index contributed by atoms with van der Waals surface area (Å²) in [7, 11) is 0. The maximum atomic E-state index is 13.3. The predicted molar refractivity (Wildman–Crippen MR) is 88.8 cm³/mol. The number of halogens is 2. The van der Waals surface area contributed by atoms with Crippen molar-refractivity contribution in [3.05, 3.63) is 64.7 Å². The number of nitrogens with one attached hydrogen (secondary N) is 2. The first kappa shape index (κ1) is 18.4. The number of carbonyl (C=O) groups is 1. The molecule has 0 aliphatic heterocycles. The number of urea groups is 1. The first-order valence-electron chi connectivity index (χ1n) is 7.53. The van der Waals surface area contributed by atoms with Crippen molar-refractivity contribution in [3.63, 3.8) is 0 Å². The van der Waals surface area contributed by atoms with Crippen LogP contribution in [0.3, 0.4) is 0 Å². The molecule has 2 aromatic rings. The van der Waals surface area contributed by atoms with Crippen LogP contribution in [0.25, 0.3) is 0 Å². The fourth-order valence-corrected chi connectivity index (χ4v) is 2.26. The van der Waals surface area contributed by atoms with Crippen molar-refractivity contribution in [2.45, 2.75) is 26.0 Å². The minimum atomic E-state index is -1.22. The van der Waals surface area contributed by atoms with Crippen LogP contribution in [0.15, 0.2) is 36.4 Å². The molecular formula is C18H17F2N3O2. The average Bonchev–Trinajstić information content (AvgIpc) is 2.58. The first-order chi connectivity index (χ1) is 11.8. The molecule has 2 amide bonds. The first-order valence-corrected chi connectivity index (χ1v) is 7.53. The topological polar surface area (TPSA) is 85.2 Å². The van der Waals surface area contributed by atoms with Crippen molar-refractivity contribution in [2.24, 2.45) is 0 Å². The van der Waals surface area contributed by atoms with Crippen molar-refractivity contribution in [2.75, 3.05) is 5.32 Å². The third-order valence-electron chi connectivity index (χ3n) is 3.73. The van der Waals surface area contributed by atoms with Crippen LogP contribution >= 0.6 is 0 Å². The second kappa shape index (κ2) is 7.73. The Morgan fingerprint density at radius 1 is 1.20 bits per heavy atom. The highest BCUT2D eigenvalue weighted by Gasteiger charge is 2.20. The molecule has 5 nitrogen and oxygen atoms in total. The zero-order valence-corrected chi connectivity index (χ0v) is 13.7.